The number of hydrogen-bond donors (Lipinski definition) is 2. The van der Waals surface area contributed by atoms with Gasteiger partial charge in [-0.1, -0.05) is 44.5 Å². The zero-order valence-corrected chi connectivity index (χ0v) is 13.3. The summed E-state index contributed by atoms with van der Waals surface area (Å²) < 4.78 is 0. The molecule has 1 rings (SSSR count). The third kappa shape index (κ3) is 7.51. The minimum Gasteiger partial charge on any atom is -0.356 e. The van der Waals surface area contributed by atoms with E-state index in [-0.39, 0.29) is 17.4 Å². The Hall–Kier alpha value is -1.06. The molecule has 1 atom stereocenters. The van der Waals surface area contributed by atoms with E-state index >= 15 is 0 Å². The van der Waals surface area contributed by atoms with Gasteiger partial charge < -0.3 is 11.1 Å². The van der Waals surface area contributed by atoms with Crippen LogP contribution in [0.25, 0.3) is 0 Å². The molecule has 112 valence electrons. The lowest BCUT2D eigenvalue weighted by Gasteiger charge is -2.22. The summed E-state index contributed by atoms with van der Waals surface area (Å²) in [6.07, 6.45) is 2.03. The zero-order valence-electron chi connectivity index (χ0n) is 12.6. The van der Waals surface area contributed by atoms with E-state index in [2.05, 4.69) is 26.1 Å². The lowest BCUT2D eigenvalue weighted by atomic mass is 9.87. The molecule has 4 heteroatoms. The lowest BCUT2D eigenvalue weighted by molar-refractivity contribution is -0.121. The average Bonchev–Trinajstić information content (AvgIpc) is 2.29. The van der Waals surface area contributed by atoms with Crippen LogP contribution < -0.4 is 11.1 Å². The molecule has 20 heavy (non-hydrogen) atoms. The van der Waals surface area contributed by atoms with Gasteiger partial charge in [0.25, 0.3) is 0 Å². The van der Waals surface area contributed by atoms with Gasteiger partial charge in [-0.15, -0.1) is 0 Å². The number of carbonyl (C=O) groups excluding carboxylic acids is 1. The highest BCUT2D eigenvalue weighted by Crippen LogP contribution is 2.20. The van der Waals surface area contributed by atoms with Crippen LogP contribution in [0.3, 0.4) is 0 Å². The van der Waals surface area contributed by atoms with Gasteiger partial charge in [-0.2, -0.15) is 0 Å². The van der Waals surface area contributed by atoms with Crippen LogP contribution in [-0.2, 0) is 11.2 Å². The topological polar surface area (TPSA) is 55.1 Å². The third-order valence-corrected chi connectivity index (χ3v) is 3.22. The predicted molar refractivity (Wildman–Crippen MR) is 84.8 cm³/mol. The highest BCUT2D eigenvalue weighted by atomic mass is 35.5. The van der Waals surface area contributed by atoms with Gasteiger partial charge in [0.05, 0.1) is 0 Å². The summed E-state index contributed by atoms with van der Waals surface area (Å²) >= 11 is 5.82. The summed E-state index contributed by atoms with van der Waals surface area (Å²) in [5.41, 5.74) is 7.30. The number of halogens is 1. The monoisotopic (exact) mass is 296 g/mol. The number of carbonyl (C=O) groups is 1. The molecule has 0 radical (unpaired) electrons. The van der Waals surface area contributed by atoms with Gasteiger partial charge in [0.15, 0.2) is 0 Å². The second-order valence-electron chi connectivity index (χ2n) is 6.46. The molecule has 1 aromatic rings. The summed E-state index contributed by atoms with van der Waals surface area (Å²) in [6, 6.07) is 7.58. The van der Waals surface area contributed by atoms with Crippen LogP contribution in [0.15, 0.2) is 24.3 Å². The van der Waals surface area contributed by atoms with Crippen LogP contribution >= 0.6 is 11.6 Å². The number of benzene rings is 1. The van der Waals surface area contributed by atoms with Crippen molar-refractivity contribution in [2.24, 2.45) is 11.1 Å². The van der Waals surface area contributed by atoms with Crippen molar-refractivity contribution in [1.82, 2.24) is 5.32 Å². The molecule has 0 bridgehead atoms. The number of amides is 1. The lowest BCUT2D eigenvalue weighted by Crippen LogP contribution is -2.34. The molecule has 0 heterocycles. The SMILES string of the molecule is CC(C)(C)CC(N)CC(=O)NCCc1ccc(Cl)cc1. The Morgan fingerprint density at radius 1 is 1.30 bits per heavy atom. The van der Waals surface area contributed by atoms with E-state index in [1.54, 1.807) is 0 Å². The standard InChI is InChI=1S/C16H25ClN2O/c1-16(2,3)11-14(18)10-15(20)19-9-8-12-4-6-13(17)7-5-12/h4-7,14H,8-11,18H2,1-3H3,(H,19,20). The quantitative estimate of drug-likeness (QED) is 0.847. The van der Waals surface area contributed by atoms with Crippen molar-refractivity contribution >= 4 is 17.5 Å². The first-order valence-electron chi connectivity index (χ1n) is 7.03. The first-order chi connectivity index (χ1) is 9.26. The molecule has 1 aromatic carbocycles. The second-order valence-corrected chi connectivity index (χ2v) is 6.89. The molecule has 0 aromatic heterocycles. The maximum atomic E-state index is 11.8. The van der Waals surface area contributed by atoms with E-state index < -0.39 is 0 Å². The zero-order chi connectivity index (χ0) is 15.2. The Kier molecular flexibility index (Phi) is 6.50. The molecule has 1 unspecified atom stereocenters. The van der Waals surface area contributed by atoms with E-state index in [9.17, 15) is 4.79 Å². The fourth-order valence-corrected chi connectivity index (χ4v) is 2.29. The van der Waals surface area contributed by atoms with Gasteiger partial charge in [-0.05, 0) is 36.0 Å². The van der Waals surface area contributed by atoms with Gasteiger partial charge in [-0.3, -0.25) is 4.79 Å². The Labute approximate surface area is 126 Å². The van der Waals surface area contributed by atoms with Gasteiger partial charge in [0.1, 0.15) is 0 Å². The summed E-state index contributed by atoms with van der Waals surface area (Å²) in [5.74, 6) is 0.0238. The predicted octanol–water partition coefficient (Wildman–Crippen LogP) is 3.15. The molecule has 3 nitrogen and oxygen atoms in total. The van der Waals surface area contributed by atoms with Crippen LogP contribution in [0.4, 0.5) is 0 Å². The van der Waals surface area contributed by atoms with Crippen molar-refractivity contribution in [3.8, 4) is 0 Å². The molecule has 0 aliphatic carbocycles. The van der Waals surface area contributed by atoms with Gasteiger partial charge in [-0.25, -0.2) is 0 Å². The third-order valence-electron chi connectivity index (χ3n) is 2.97. The summed E-state index contributed by atoms with van der Waals surface area (Å²) in [6.45, 7) is 7.02. The number of hydrogen-bond acceptors (Lipinski definition) is 2. The Morgan fingerprint density at radius 3 is 2.45 bits per heavy atom. The van der Waals surface area contributed by atoms with E-state index in [4.69, 9.17) is 17.3 Å². The minimum atomic E-state index is -0.0782. The molecule has 0 spiro atoms. The number of nitrogens with two attached hydrogens (primary N) is 1. The van der Waals surface area contributed by atoms with Crippen molar-refractivity contribution in [2.45, 2.75) is 46.1 Å². The van der Waals surface area contributed by atoms with Crippen molar-refractivity contribution in [1.29, 1.82) is 0 Å². The Morgan fingerprint density at radius 2 is 1.90 bits per heavy atom. The van der Waals surface area contributed by atoms with Crippen LogP contribution in [0, 0.1) is 5.41 Å². The summed E-state index contributed by atoms with van der Waals surface area (Å²) in [7, 11) is 0. The molecule has 3 N–H and O–H groups in total. The highest BCUT2D eigenvalue weighted by molar-refractivity contribution is 6.30. The first-order valence-corrected chi connectivity index (χ1v) is 7.41. The second kappa shape index (κ2) is 7.65. The van der Waals surface area contributed by atoms with Crippen LogP contribution in [-0.4, -0.2) is 18.5 Å². The molecule has 0 aliphatic heterocycles. The van der Waals surface area contributed by atoms with Crippen molar-refractivity contribution in [2.75, 3.05) is 6.54 Å². The fourth-order valence-electron chi connectivity index (χ4n) is 2.17. The largest absolute Gasteiger partial charge is 0.356 e. The highest BCUT2D eigenvalue weighted by Gasteiger charge is 2.17. The Bertz CT molecular complexity index is 423. The molecule has 0 saturated heterocycles. The normalized spacial score (nSPS) is 13.1. The molecule has 0 saturated carbocycles. The van der Waals surface area contributed by atoms with Gasteiger partial charge in [0, 0.05) is 24.0 Å². The van der Waals surface area contributed by atoms with E-state index in [1.807, 2.05) is 24.3 Å². The molecule has 1 amide bonds. The van der Waals surface area contributed by atoms with E-state index in [0.29, 0.717) is 13.0 Å². The Balaban J connectivity index is 2.25. The van der Waals surface area contributed by atoms with Crippen LogP contribution in [0.1, 0.15) is 39.2 Å². The van der Waals surface area contributed by atoms with E-state index in [0.717, 1.165) is 23.4 Å². The van der Waals surface area contributed by atoms with Gasteiger partial charge >= 0.3 is 0 Å². The van der Waals surface area contributed by atoms with Crippen molar-refractivity contribution < 1.29 is 4.79 Å². The van der Waals surface area contributed by atoms with E-state index in [1.165, 1.54) is 0 Å². The van der Waals surface area contributed by atoms with Crippen LogP contribution in [0.5, 0.6) is 0 Å². The first kappa shape index (κ1) is 17.0. The maximum Gasteiger partial charge on any atom is 0.221 e. The van der Waals surface area contributed by atoms with Crippen molar-refractivity contribution in [3.05, 3.63) is 34.9 Å². The number of nitrogens with one attached hydrogen (secondary N) is 1. The molecule has 0 fully saturated rings. The van der Waals surface area contributed by atoms with Crippen LogP contribution in [0.2, 0.25) is 5.02 Å². The summed E-state index contributed by atoms with van der Waals surface area (Å²) in [4.78, 5) is 11.8. The van der Waals surface area contributed by atoms with Gasteiger partial charge in [0.2, 0.25) is 5.91 Å². The molecular weight excluding hydrogens is 272 g/mol. The van der Waals surface area contributed by atoms with Crippen molar-refractivity contribution in [3.63, 3.8) is 0 Å². The number of rotatable bonds is 6. The average molecular weight is 297 g/mol. The smallest absolute Gasteiger partial charge is 0.221 e. The maximum absolute atomic E-state index is 11.8. The minimum absolute atomic E-state index is 0.0238. The summed E-state index contributed by atoms with van der Waals surface area (Å²) in [5, 5.41) is 3.64. The fraction of sp³-hybridized carbons (Fsp3) is 0.562. The molecule has 0 aliphatic rings. The molecular formula is C16H25ClN2O.